The fourth-order valence-electron chi connectivity index (χ4n) is 2.26. The molecule has 3 N–H and O–H groups in total. The molecule has 0 aliphatic carbocycles. The van der Waals surface area contributed by atoms with E-state index in [2.05, 4.69) is 20.9 Å². The Hall–Kier alpha value is -3.94. The smallest absolute Gasteiger partial charge is 0.330 e. The maximum atomic E-state index is 12.2. The summed E-state index contributed by atoms with van der Waals surface area (Å²) in [5.41, 5.74) is 6.67. The number of aryl methyl sites for hydroxylation is 1. The van der Waals surface area contributed by atoms with Crippen LogP contribution in [0.4, 0.5) is 5.69 Å². The third-order valence-electron chi connectivity index (χ3n) is 3.64. The highest BCUT2D eigenvalue weighted by Gasteiger charge is 2.09. The molecule has 8 heteroatoms. The van der Waals surface area contributed by atoms with Gasteiger partial charge in [0, 0.05) is 29.0 Å². The van der Waals surface area contributed by atoms with E-state index in [1.54, 1.807) is 37.3 Å². The number of anilines is 1. The predicted molar refractivity (Wildman–Crippen MR) is 107 cm³/mol. The number of hydrogen-bond acceptors (Lipinski definition) is 5. The van der Waals surface area contributed by atoms with Crippen LogP contribution >= 0.6 is 0 Å². The van der Waals surface area contributed by atoms with Gasteiger partial charge in [0.05, 0.1) is 6.61 Å². The molecule has 0 saturated heterocycles. The van der Waals surface area contributed by atoms with Crippen LogP contribution < -0.4 is 16.2 Å². The Balaban J connectivity index is 1.87. The molecule has 8 nitrogen and oxygen atoms in total. The van der Waals surface area contributed by atoms with Crippen molar-refractivity contribution in [2.24, 2.45) is 0 Å². The second-order valence-electron chi connectivity index (χ2n) is 5.93. The van der Waals surface area contributed by atoms with Crippen LogP contribution in [-0.2, 0) is 14.3 Å². The number of rotatable bonds is 6. The first-order chi connectivity index (χ1) is 13.9. The summed E-state index contributed by atoms with van der Waals surface area (Å²) in [5, 5.41) is 2.75. The molecule has 0 spiro atoms. The fourth-order valence-corrected chi connectivity index (χ4v) is 2.26. The standard InChI is InChI=1S/C21H21N3O5/c1-3-29-19(26)12-11-18(25)23-24-21(28)15-7-9-17(10-8-15)22-20(27)16-6-4-5-14(2)13-16/h4-13H,3H2,1-2H3,(H,22,27)(H,23,25)(H,24,28). The van der Waals surface area contributed by atoms with E-state index < -0.39 is 17.8 Å². The van der Waals surface area contributed by atoms with Gasteiger partial charge < -0.3 is 10.1 Å². The summed E-state index contributed by atoms with van der Waals surface area (Å²) in [5.74, 6) is -2.16. The van der Waals surface area contributed by atoms with Crippen molar-refractivity contribution in [3.8, 4) is 0 Å². The maximum Gasteiger partial charge on any atom is 0.330 e. The number of carbonyl (C=O) groups excluding carboxylic acids is 4. The first kappa shape index (κ1) is 21.4. The van der Waals surface area contributed by atoms with Gasteiger partial charge in [-0.05, 0) is 50.2 Å². The quantitative estimate of drug-likeness (QED) is 0.394. The Bertz CT molecular complexity index is 936. The predicted octanol–water partition coefficient (Wildman–Crippen LogP) is 2.13. The number of hydrogen-bond donors (Lipinski definition) is 3. The van der Waals surface area contributed by atoms with E-state index in [1.165, 1.54) is 12.1 Å². The zero-order valence-electron chi connectivity index (χ0n) is 16.0. The number of hydrazine groups is 1. The molecule has 3 amide bonds. The van der Waals surface area contributed by atoms with E-state index in [0.717, 1.165) is 17.7 Å². The molecule has 150 valence electrons. The summed E-state index contributed by atoms with van der Waals surface area (Å²) in [4.78, 5) is 47.0. The number of ether oxygens (including phenoxy) is 1. The highest BCUT2D eigenvalue weighted by Crippen LogP contribution is 2.12. The fraction of sp³-hybridized carbons (Fsp3) is 0.143. The number of esters is 1. The summed E-state index contributed by atoms with van der Waals surface area (Å²) in [6.07, 6.45) is 1.90. The zero-order valence-corrected chi connectivity index (χ0v) is 16.0. The summed E-state index contributed by atoms with van der Waals surface area (Å²) in [7, 11) is 0. The molecule has 0 atom stereocenters. The van der Waals surface area contributed by atoms with Crippen molar-refractivity contribution < 1.29 is 23.9 Å². The van der Waals surface area contributed by atoms with Crippen LogP contribution in [0.15, 0.2) is 60.7 Å². The van der Waals surface area contributed by atoms with Crippen molar-refractivity contribution in [2.75, 3.05) is 11.9 Å². The topological polar surface area (TPSA) is 114 Å². The second-order valence-corrected chi connectivity index (χ2v) is 5.93. The van der Waals surface area contributed by atoms with E-state index in [-0.39, 0.29) is 18.1 Å². The first-order valence-electron chi connectivity index (χ1n) is 8.82. The van der Waals surface area contributed by atoms with E-state index in [4.69, 9.17) is 0 Å². The lowest BCUT2D eigenvalue weighted by Crippen LogP contribution is -2.40. The van der Waals surface area contributed by atoms with Crippen molar-refractivity contribution in [3.05, 3.63) is 77.4 Å². The van der Waals surface area contributed by atoms with Gasteiger partial charge in [0.1, 0.15) is 0 Å². The van der Waals surface area contributed by atoms with Gasteiger partial charge >= 0.3 is 5.97 Å². The summed E-state index contributed by atoms with van der Waals surface area (Å²) < 4.78 is 4.64. The number of amides is 3. The lowest BCUT2D eigenvalue weighted by Gasteiger charge is -2.08. The van der Waals surface area contributed by atoms with Crippen molar-refractivity contribution >= 4 is 29.4 Å². The number of nitrogens with one attached hydrogen (secondary N) is 3. The molecule has 0 aromatic heterocycles. The largest absolute Gasteiger partial charge is 0.463 e. The Morgan fingerprint density at radius 1 is 0.897 bits per heavy atom. The second kappa shape index (κ2) is 10.4. The first-order valence-corrected chi connectivity index (χ1v) is 8.82. The highest BCUT2D eigenvalue weighted by molar-refractivity contribution is 6.04. The maximum absolute atomic E-state index is 12.2. The molecule has 0 aliphatic heterocycles. The lowest BCUT2D eigenvalue weighted by atomic mass is 10.1. The van der Waals surface area contributed by atoms with Crippen LogP contribution in [0.1, 0.15) is 33.2 Å². The molecule has 0 aliphatic rings. The normalized spacial score (nSPS) is 10.3. The minimum Gasteiger partial charge on any atom is -0.463 e. The van der Waals surface area contributed by atoms with Gasteiger partial charge in [0.2, 0.25) is 0 Å². The van der Waals surface area contributed by atoms with E-state index in [1.807, 2.05) is 13.0 Å². The number of benzene rings is 2. The Morgan fingerprint density at radius 3 is 2.28 bits per heavy atom. The van der Waals surface area contributed by atoms with Gasteiger partial charge in [-0.1, -0.05) is 17.7 Å². The molecule has 0 bridgehead atoms. The molecule has 29 heavy (non-hydrogen) atoms. The zero-order chi connectivity index (χ0) is 21.2. The monoisotopic (exact) mass is 395 g/mol. The van der Waals surface area contributed by atoms with Crippen molar-refractivity contribution in [2.45, 2.75) is 13.8 Å². The molecular weight excluding hydrogens is 374 g/mol. The third-order valence-corrected chi connectivity index (χ3v) is 3.64. The molecule has 0 heterocycles. The van der Waals surface area contributed by atoms with Crippen LogP contribution in [0.2, 0.25) is 0 Å². The van der Waals surface area contributed by atoms with Crippen LogP contribution in [-0.4, -0.2) is 30.3 Å². The minimum atomic E-state index is -0.687. The average Bonchev–Trinajstić information content (AvgIpc) is 2.71. The minimum absolute atomic E-state index is 0.197. The van der Waals surface area contributed by atoms with E-state index in [0.29, 0.717) is 11.3 Å². The lowest BCUT2D eigenvalue weighted by molar-refractivity contribution is -0.137. The summed E-state index contributed by atoms with van der Waals surface area (Å²) in [6, 6.07) is 13.3. The Morgan fingerprint density at radius 2 is 1.62 bits per heavy atom. The van der Waals surface area contributed by atoms with Gasteiger partial charge in [0.25, 0.3) is 17.7 Å². The van der Waals surface area contributed by atoms with E-state index in [9.17, 15) is 19.2 Å². The SMILES string of the molecule is CCOC(=O)C=CC(=O)NNC(=O)c1ccc(NC(=O)c2cccc(C)c2)cc1. The Kier molecular flexibility index (Phi) is 7.67. The van der Waals surface area contributed by atoms with E-state index >= 15 is 0 Å². The van der Waals surface area contributed by atoms with Gasteiger partial charge in [-0.3, -0.25) is 25.2 Å². The molecule has 0 unspecified atom stereocenters. The van der Waals surface area contributed by atoms with Crippen LogP contribution in [0.3, 0.4) is 0 Å². The number of carbonyl (C=O) groups is 4. The summed E-state index contributed by atoms with van der Waals surface area (Å²) >= 11 is 0. The van der Waals surface area contributed by atoms with Gasteiger partial charge in [-0.15, -0.1) is 0 Å². The molecule has 2 rings (SSSR count). The molecule has 0 radical (unpaired) electrons. The highest BCUT2D eigenvalue weighted by atomic mass is 16.5. The van der Waals surface area contributed by atoms with Crippen molar-refractivity contribution in [1.29, 1.82) is 0 Å². The Labute approximate surface area is 167 Å². The van der Waals surface area contributed by atoms with Crippen LogP contribution in [0.25, 0.3) is 0 Å². The van der Waals surface area contributed by atoms with Gasteiger partial charge in [-0.2, -0.15) is 0 Å². The van der Waals surface area contributed by atoms with Crippen molar-refractivity contribution in [1.82, 2.24) is 10.9 Å². The van der Waals surface area contributed by atoms with Crippen molar-refractivity contribution in [3.63, 3.8) is 0 Å². The van der Waals surface area contributed by atoms with Gasteiger partial charge in [0.15, 0.2) is 0 Å². The van der Waals surface area contributed by atoms with Gasteiger partial charge in [-0.25, -0.2) is 4.79 Å². The third kappa shape index (κ3) is 6.94. The summed E-state index contributed by atoms with van der Waals surface area (Å²) in [6.45, 7) is 3.74. The average molecular weight is 395 g/mol. The molecular formula is C21H21N3O5. The molecule has 0 fully saturated rings. The molecule has 2 aromatic rings. The molecule has 0 saturated carbocycles. The molecule has 2 aromatic carbocycles. The van der Waals surface area contributed by atoms with Crippen LogP contribution in [0, 0.1) is 6.92 Å². The van der Waals surface area contributed by atoms with Crippen LogP contribution in [0.5, 0.6) is 0 Å².